The molecule has 0 radical (unpaired) electrons. The number of hydrogen-bond donors (Lipinski definition) is 3. The van der Waals surface area contributed by atoms with Crippen molar-refractivity contribution in [2.24, 2.45) is 0 Å². The maximum atomic E-state index is 14.7. The van der Waals surface area contributed by atoms with Gasteiger partial charge in [0.1, 0.15) is 6.17 Å². The Kier molecular flexibility index (Phi) is 13.2. The summed E-state index contributed by atoms with van der Waals surface area (Å²) in [5.41, 5.74) is 4.69. The Morgan fingerprint density at radius 2 is 1.27 bits per heavy atom. The Hall–Kier alpha value is -5.83. The number of aliphatic hydroxyl groups is 2. The van der Waals surface area contributed by atoms with Crippen LogP contribution in [0.2, 0.25) is 0 Å². The number of ether oxygens (including phenoxy) is 1. The van der Waals surface area contributed by atoms with Crippen LogP contribution in [-0.2, 0) is 21.7 Å². The highest BCUT2D eigenvalue weighted by atomic mass is 19.1. The lowest BCUT2D eigenvalue weighted by Gasteiger charge is -2.37. The predicted molar refractivity (Wildman–Crippen MR) is 231 cm³/mol. The molecule has 1 fully saturated rings. The van der Waals surface area contributed by atoms with E-state index in [1.54, 1.807) is 0 Å². The Morgan fingerprint density at radius 3 is 1.81 bits per heavy atom. The largest absolute Gasteiger partial charge is 0.454 e. The number of aromatic nitrogens is 1. The van der Waals surface area contributed by atoms with E-state index in [-0.39, 0.29) is 30.6 Å². The van der Waals surface area contributed by atoms with Gasteiger partial charge in [0.05, 0.1) is 18.1 Å². The number of carbonyl (C=O) groups excluding carboxylic acids is 2. The van der Waals surface area contributed by atoms with Crippen LogP contribution in [-0.4, -0.2) is 38.9 Å². The molecule has 8 heteroatoms. The average molecular weight is 793 g/mol. The van der Waals surface area contributed by atoms with E-state index in [0.717, 1.165) is 22.5 Å². The lowest BCUT2D eigenvalue weighted by molar-refractivity contribution is -0.165. The zero-order valence-electron chi connectivity index (χ0n) is 33.7. The molecule has 3 N–H and O–H groups in total. The number of para-hydroxylation sites is 1. The number of aliphatic hydroxyl groups excluding tert-OH is 1. The van der Waals surface area contributed by atoms with Crippen molar-refractivity contribution >= 4 is 17.6 Å². The maximum absolute atomic E-state index is 14.7. The molecule has 1 aliphatic carbocycles. The van der Waals surface area contributed by atoms with Gasteiger partial charge in [0.25, 0.3) is 5.91 Å². The summed E-state index contributed by atoms with van der Waals surface area (Å²) in [6.07, 6.45) is -1.14. The van der Waals surface area contributed by atoms with Gasteiger partial charge >= 0.3 is 5.97 Å². The second-order valence-corrected chi connectivity index (χ2v) is 15.9. The minimum Gasteiger partial charge on any atom is -0.454 e. The van der Waals surface area contributed by atoms with Crippen molar-refractivity contribution in [3.63, 3.8) is 0 Å². The van der Waals surface area contributed by atoms with Gasteiger partial charge in [-0.2, -0.15) is 0 Å². The number of rotatable bonds is 15. The van der Waals surface area contributed by atoms with Crippen LogP contribution < -0.4 is 5.32 Å². The highest BCUT2D eigenvalue weighted by Crippen LogP contribution is 2.46. The van der Waals surface area contributed by atoms with Gasteiger partial charge in [-0.1, -0.05) is 153 Å². The van der Waals surface area contributed by atoms with Crippen LogP contribution in [0.1, 0.15) is 109 Å². The van der Waals surface area contributed by atoms with Gasteiger partial charge < -0.3 is 24.8 Å². The molecule has 1 saturated carbocycles. The summed E-state index contributed by atoms with van der Waals surface area (Å²) in [6, 6.07) is 46.7. The smallest absolute Gasteiger partial charge is 0.309 e. The molecule has 59 heavy (non-hydrogen) atoms. The van der Waals surface area contributed by atoms with E-state index in [9.17, 15) is 24.2 Å². The Bertz CT molecular complexity index is 2230. The fourth-order valence-electron chi connectivity index (χ4n) is 8.72. The average Bonchev–Trinajstić information content (AvgIpc) is 3.62. The van der Waals surface area contributed by atoms with E-state index in [1.165, 1.54) is 0 Å². The lowest BCUT2D eigenvalue weighted by atomic mass is 9.79. The highest BCUT2D eigenvalue weighted by molar-refractivity contribution is 6.10. The fraction of sp³-hybridized carbons (Fsp3) is 0.294. The third-order valence-electron chi connectivity index (χ3n) is 11.5. The third-order valence-corrected chi connectivity index (χ3v) is 11.5. The van der Waals surface area contributed by atoms with Crippen LogP contribution in [0.3, 0.4) is 0 Å². The van der Waals surface area contributed by atoms with Crippen molar-refractivity contribution in [2.75, 3.05) is 5.32 Å². The van der Waals surface area contributed by atoms with E-state index >= 15 is 0 Å². The fourth-order valence-corrected chi connectivity index (χ4v) is 8.72. The van der Waals surface area contributed by atoms with Crippen molar-refractivity contribution in [1.29, 1.82) is 0 Å². The van der Waals surface area contributed by atoms with Crippen molar-refractivity contribution in [3.05, 3.63) is 185 Å². The number of nitrogens with zero attached hydrogens (tertiary/aromatic N) is 1. The molecular formula is C51H53FN2O5. The summed E-state index contributed by atoms with van der Waals surface area (Å²) in [5, 5.41) is 27.5. The number of nitrogens with one attached hydrogen (secondary N) is 1. The molecule has 0 unspecified atom stereocenters. The molecule has 1 aromatic heterocycles. The monoisotopic (exact) mass is 792 g/mol. The number of esters is 1. The SMILES string of the molecule is CC(C)c1c(C(=O)Nc2ccccc2)c(-c2ccccc2)c(C2CCC(F)CC2)n1CC[C@@H](O)CC(=O)O[C@@H](c1ccccc1)C(O)(c1ccccc1)c1ccccc1. The molecule has 0 spiro atoms. The van der Waals surface area contributed by atoms with Crippen LogP contribution in [0, 0.1) is 0 Å². The first-order valence-electron chi connectivity index (χ1n) is 20.7. The number of halogens is 1. The summed E-state index contributed by atoms with van der Waals surface area (Å²) in [7, 11) is 0. The third kappa shape index (κ3) is 9.25. The molecule has 7 rings (SSSR count). The summed E-state index contributed by atoms with van der Waals surface area (Å²) in [4.78, 5) is 28.5. The topological polar surface area (TPSA) is 101 Å². The Labute approximate surface area is 346 Å². The van der Waals surface area contributed by atoms with Crippen LogP contribution in [0.4, 0.5) is 10.1 Å². The van der Waals surface area contributed by atoms with E-state index in [4.69, 9.17) is 4.74 Å². The van der Waals surface area contributed by atoms with Crippen molar-refractivity contribution in [2.45, 2.75) is 94.7 Å². The number of amides is 1. The normalized spacial score (nSPS) is 16.6. The second kappa shape index (κ2) is 18.8. The Morgan fingerprint density at radius 1 is 0.763 bits per heavy atom. The van der Waals surface area contributed by atoms with Gasteiger partial charge in [0.15, 0.2) is 11.7 Å². The summed E-state index contributed by atoms with van der Waals surface area (Å²) < 4.78 is 23.1. The van der Waals surface area contributed by atoms with Gasteiger partial charge in [-0.3, -0.25) is 9.59 Å². The van der Waals surface area contributed by atoms with Crippen molar-refractivity contribution < 1.29 is 28.9 Å². The number of anilines is 1. The molecule has 0 aliphatic heterocycles. The molecule has 7 nitrogen and oxygen atoms in total. The van der Waals surface area contributed by atoms with Crippen LogP contribution >= 0.6 is 0 Å². The first kappa shape index (κ1) is 41.3. The van der Waals surface area contributed by atoms with Crippen molar-refractivity contribution in [1.82, 2.24) is 4.57 Å². The standard InChI is InChI=1S/C51H53FN2O5/c1-35(2)47-46(50(57)53-42-26-16-7-17-27-42)45(36-18-8-3-9-19-36)48(37-28-30-41(52)31-29-37)54(47)33-32-43(55)34-44(56)59-49(38-20-10-4-11-21-38)51(58,39-22-12-5-13-23-39)40-24-14-6-15-25-40/h3-27,35,37,41,43,49,55,58H,28-34H2,1-2H3,(H,53,57)/t37?,41?,43-,49+/m1/s1. The molecular weight excluding hydrogens is 740 g/mol. The molecule has 1 heterocycles. The van der Waals surface area contributed by atoms with E-state index in [2.05, 4.69) is 23.7 Å². The maximum Gasteiger partial charge on any atom is 0.309 e. The summed E-state index contributed by atoms with van der Waals surface area (Å²) in [5.74, 6) is -1.01. The van der Waals surface area contributed by atoms with E-state index in [1.807, 2.05) is 152 Å². The van der Waals surface area contributed by atoms with Crippen LogP contribution in [0.5, 0.6) is 0 Å². The number of alkyl halides is 1. The molecule has 1 amide bonds. The minimum absolute atomic E-state index is 0.0182. The molecule has 0 saturated heterocycles. The molecule has 6 aromatic rings. The lowest BCUT2D eigenvalue weighted by Crippen LogP contribution is -2.38. The quantitative estimate of drug-likeness (QED) is 0.0899. The zero-order chi connectivity index (χ0) is 41.4. The number of hydrogen-bond acceptors (Lipinski definition) is 5. The predicted octanol–water partition coefficient (Wildman–Crippen LogP) is 10.9. The van der Waals surface area contributed by atoms with Crippen LogP contribution in [0.25, 0.3) is 11.1 Å². The van der Waals surface area contributed by atoms with E-state index in [0.29, 0.717) is 60.2 Å². The summed E-state index contributed by atoms with van der Waals surface area (Å²) >= 11 is 0. The van der Waals surface area contributed by atoms with Crippen molar-refractivity contribution in [3.8, 4) is 11.1 Å². The van der Waals surface area contributed by atoms with Gasteiger partial charge in [-0.15, -0.1) is 0 Å². The number of carbonyl (C=O) groups is 2. The molecule has 1 aliphatic rings. The Balaban J connectivity index is 1.22. The molecule has 0 bridgehead atoms. The minimum atomic E-state index is -1.75. The first-order chi connectivity index (χ1) is 28.6. The van der Waals surface area contributed by atoms with E-state index < -0.39 is 29.9 Å². The summed E-state index contributed by atoms with van der Waals surface area (Å²) in [6.45, 7) is 4.42. The van der Waals surface area contributed by atoms with Gasteiger partial charge in [0, 0.05) is 35.1 Å². The first-order valence-corrected chi connectivity index (χ1v) is 20.7. The van der Waals surface area contributed by atoms with Gasteiger partial charge in [0.2, 0.25) is 0 Å². The van der Waals surface area contributed by atoms with Gasteiger partial charge in [-0.25, -0.2) is 4.39 Å². The zero-order valence-corrected chi connectivity index (χ0v) is 33.7. The molecule has 5 aromatic carbocycles. The molecule has 2 atom stereocenters. The second-order valence-electron chi connectivity index (χ2n) is 15.9. The number of benzene rings is 5. The molecule has 304 valence electrons. The highest BCUT2D eigenvalue weighted by Gasteiger charge is 2.44. The van der Waals surface area contributed by atoms with Crippen LogP contribution in [0.15, 0.2) is 152 Å². The van der Waals surface area contributed by atoms with Gasteiger partial charge in [-0.05, 0) is 72.4 Å².